The topological polar surface area (TPSA) is 84.5 Å². The fourth-order valence-corrected chi connectivity index (χ4v) is 3.17. The standard InChI is InChI=1S/C20H13FN6O/c21-13-3-1-12(2-4-13)10-27-8-7-15-18(22-11-23-19(15)27)24-14-5-6-16-17(9-14)26-20(28)25-16/h1-9,11H,10H2,(H,22,23,24). The van der Waals surface area contributed by atoms with E-state index in [0.717, 1.165) is 22.3 Å². The molecule has 5 rings (SSSR count). The lowest BCUT2D eigenvalue weighted by molar-refractivity contribution is 0.256. The predicted octanol–water partition coefficient (Wildman–Crippen LogP) is 2.74. The smallest absolute Gasteiger partial charge is 0.339 e. The van der Waals surface area contributed by atoms with Crippen molar-refractivity contribution in [3.8, 4) is 0 Å². The molecule has 0 saturated carbocycles. The van der Waals surface area contributed by atoms with Gasteiger partial charge in [-0.2, -0.15) is 9.98 Å². The third-order valence-electron chi connectivity index (χ3n) is 4.49. The molecule has 2 aromatic carbocycles. The van der Waals surface area contributed by atoms with Crippen LogP contribution in [0.4, 0.5) is 20.7 Å². The van der Waals surface area contributed by atoms with E-state index in [1.165, 1.54) is 18.5 Å². The molecule has 4 aromatic rings. The number of benzene rings is 2. The quantitative estimate of drug-likeness (QED) is 0.597. The second-order valence-corrected chi connectivity index (χ2v) is 6.36. The first-order valence-corrected chi connectivity index (χ1v) is 8.58. The highest BCUT2D eigenvalue weighted by molar-refractivity contribution is 5.89. The van der Waals surface area contributed by atoms with Crippen LogP contribution >= 0.6 is 0 Å². The predicted molar refractivity (Wildman–Crippen MR) is 100 cm³/mol. The van der Waals surface area contributed by atoms with Crippen LogP contribution in [0.3, 0.4) is 0 Å². The van der Waals surface area contributed by atoms with Crippen molar-refractivity contribution < 1.29 is 9.18 Å². The summed E-state index contributed by atoms with van der Waals surface area (Å²) in [6.07, 6.45) is 3.41. The average Bonchev–Trinajstić information content (AvgIpc) is 3.26. The summed E-state index contributed by atoms with van der Waals surface area (Å²) in [5, 5.41) is 5.20. The molecule has 0 radical (unpaired) electrons. The first kappa shape index (κ1) is 16.2. The van der Waals surface area contributed by atoms with Gasteiger partial charge in [-0.15, -0.1) is 0 Å². The summed E-state index contributed by atoms with van der Waals surface area (Å²) >= 11 is 0. The van der Waals surface area contributed by atoms with Crippen molar-refractivity contribution in [3.05, 3.63) is 83.2 Å². The van der Waals surface area contributed by atoms with Gasteiger partial charge in [-0.25, -0.2) is 19.2 Å². The molecule has 0 bridgehead atoms. The number of aromatic nitrogens is 3. The summed E-state index contributed by atoms with van der Waals surface area (Å²) in [6.45, 7) is 0.571. The Labute approximate surface area is 157 Å². The van der Waals surface area contributed by atoms with E-state index in [1.54, 1.807) is 24.3 Å². The minimum Gasteiger partial charge on any atom is -0.339 e. The molecule has 1 aliphatic heterocycles. The van der Waals surface area contributed by atoms with Crippen LogP contribution in [-0.2, 0) is 6.54 Å². The summed E-state index contributed by atoms with van der Waals surface area (Å²) in [4.78, 5) is 27.7. The van der Waals surface area contributed by atoms with Crippen molar-refractivity contribution in [1.82, 2.24) is 14.5 Å². The highest BCUT2D eigenvalue weighted by atomic mass is 19.1. The largest absolute Gasteiger partial charge is 0.368 e. The number of amides is 2. The van der Waals surface area contributed by atoms with E-state index in [9.17, 15) is 9.18 Å². The molecule has 1 N–H and O–H groups in total. The van der Waals surface area contributed by atoms with Gasteiger partial charge in [0, 0.05) is 18.4 Å². The summed E-state index contributed by atoms with van der Waals surface area (Å²) < 4.78 is 15.1. The van der Waals surface area contributed by atoms with Gasteiger partial charge in [-0.05, 0) is 42.0 Å². The van der Waals surface area contributed by atoms with Gasteiger partial charge in [0.25, 0.3) is 0 Å². The maximum Gasteiger partial charge on any atom is 0.368 e. The zero-order valence-electron chi connectivity index (χ0n) is 14.5. The molecule has 0 atom stereocenters. The fourth-order valence-electron chi connectivity index (χ4n) is 3.17. The Morgan fingerprint density at radius 2 is 1.79 bits per heavy atom. The fraction of sp³-hybridized carbons (Fsp3) is 0.0500. The third kappa shape index (κ3) is 2.90. The molecule has 7 nitrogen and oxygen atoms in total. The maximum absolute atomic E-state index is 13.1. The number of nitrogens with one attached hydrogen (secondary N) is 1. The van der Waals surface area contributed by atoms with Crippen LogP contribution in [0.2, 0.25) is 0 Å². The Hall–Kier alpha value is -3.94. The SMILES string of the molecule is O=C1N=c2ccc(Nc3ncnc4c3ccn4Cc3ccc(F)cc3)cc2=N1. The molecular weight excluding hydrogens is 359 g/mol. The molecule has 8 heteroatoms. The molecule has 0 saturated heterocycles. The molecule has 0 aliphatic carbocycles. The number of nitrogens with zero attached hydrogens (tertiary/aromatic N) is 5. The molecule has 3 heterocycles. The van der Waals surface area contributed by atoms with Crippen LogP contribution in [0, 0.1) is 5.82 Å². The Balaban J connectivity index is 1.48. The molecule has 0 unspecified atom stereocenters. The van der Waals surface area contributed by atoms with Crippen molar-refractivity contribution in [1.29, 1.82) is 0 Å². The number of halogens is 1. The van der Waals surface area contributed by atoms with Crippen molar-refractivity contribution >= 4 is 28.6 Å². The summed E-state index contributed by atoms with van der Waals surface area (Å²) in [5.41, 5.74) is 2.48. The van der Waals surface area contributed by atoms with Crippen molar-refractivity contribution in [3.63, 3.8) is 0 Å². The Kier molecular flexibility index (Phi) is 3.68. The zero-order valence-corrected chi connectivity index (χ0v) is 14.5. The second-order valence-electron chi connectivity index (χ2n) is 6.36. The molecular formula is C20H13FN6O. The van der Waals surface area contributed by atoms with E-state index in [2.05, 4.69) is 25.3 Å². The minimum absolute atomic E-state index is 0.259. The van der Waals surface area contributed by atoms with E-state index >= 15 is 0 Å². The number of hydrogen-bond acceptors (Lipinski definition) is 4. The Bertz CT molecular complexity index is 1340. The number of anilines is 2. The number of urea groups is 1. The van der Waals surface area contributed by atoms with E-state index in [4.69, 9.17) is 0 Å². The number of rotatable bonds is 4. The van der Waals surface area contributed by atoms with Crippen LogP contribution in [0.5, 0.6) is 0 Å². The number of fused-ring (bicyclic) bond motifs is 2. The third-order valence-corrected chi connectivity index (χ3v) is 4.49. The molecule has 1 aliphatic rings. The van der Waals surface area contributed by atoms with Crippen LogP contribution < -0.4 is 16.0 Å². The molecule has 28 heavy (non-hydrogen) atoms. The van der Waals surface area contributed by atoms with Gasteiger partial charge in [0.15, 0.2) is 0 Å². The lowest BCUT2D eigenvalue weighted by Gasteiger charge is -2.08. The monoisotopic (exact) mass is 372 g/mol. The molecule has 2 aromatic heterocycles. The number of hydrogen-bond donors (Lipinski definition) is 1. The lowest BCUT2D eigenvalue weighted by Crippen LogP contribution is -2.21. The van der Waals surface area contributed by atoms with Gasteiger partial charge >= 0.3 is 6.03 Å². The zero-order chi connectivity index (χ0) is 19.1. The first-order valence-electron chi connectivity index (χ1n) is 8.58. The Morgan fingerprint density at radius 3 is 2.64 bits per heavy atom. The number of carbonyl (C=O) groups is 1. The van der Waals surface area contributed by atoms with Gasteiger partial charge in [-0.3, -0.25) is 0 Å². The average molecular weight is 372 g/mol. The van der Waals surface area contributed by atoms with Gasteiger partial charge in [0.05, 0.1) is 16.1 Å². The van der Waals surface area contributed by atoms with Crippen LogP contribution in [-0.4, -0.2) is 20.6 Å². The van der Waals surface area contributed by atoms with E-state index in [-0.39, 0.29) is 5.82 Å². The lowest BCUT2D eigenvalue weighted by atomic mass is 10.2. The van der Waals surface area contributed by atoms with Gasteiger partial charge in [0.2, 0.25) is 0 Å². The molecule has 0 fully saturated rings. The summed E-state index contributed by atoms with van der Waals surface area (Å²) in [7, 11) is 0. The van der Waals surface area contributed by atoms with Crippen molar-refractivity contribution in [2.45, 2.75) is 6.54 Å². The van der Waals surface area contributed by atoms with Crippen LogP contribution in [0.1, 0.15) is 5.56 Å². The highest BCUT2D eigenvalue weighted by Crippen LogP contribution is 2.24. The maximum atomic E-state index is 13.1. The van der Waals surface area contributed by atoms with E-state index in [1.807, 2.05) is 22.9 Å². The molecule has 136 valence electrons. The second kappa shape index (κ2) is 6.34. The van der Waals surface area contributed by atoms with Gasteiger partial charge in [-0.1, -0.05) is 12.1 Å². The van der Waals surface area contributed by atoms with E-state index < -0.39 is 6.03 Å². The first-order chi connectivity index (χ1) is 13.7. The highest BCUT2D eigenvalue weighted by Gasteiger charge is 2.11. The Morgan fingerprint density at radius 1 is 0.964 bits per heavy atom. The minimum atomic E-state index is -0.491. The van der Waals surface area contributed by atoms with Crippen molar-refractivity contribution in [2.75, 3.05) is 5.32 Å². The summed E-state index contributed by atoms with van der Waals surface area (Å²) in [6, 6.07) is 13.1. The van der Waals surface area contributed by atoms with Crippen LogP contribution in [0.25, 0.3) is 11.0 Å². The molecule has 0 spiro atoms. The molecule has 2 amide bonds. The number of carbonyl (C=O) groups excluding carboxylic acids is 1. The van der Waals surface area contributed by atoms with Gasteiger partial charge in [0.1, 0.15) is 23.6 Å². The van der Waals surface area contributed by atoms with Gasteiger partial charge < -0.3 is 9.88 Å². The van der Waals surface area contributed by atoms with E-state index in [0.29, 0.717) is 23.1 Å². The summed E-state index contributed by atoms with van der Waals surface area (Å²) in [5.74, 6) is 0.384. The van der Waals surface area contributed by atoms with Crippen LogP contribution in [0.15, 0.2) is 71.0 Å². The van der Waals surface area contributed by atoms with Crippen molar-refractivity contribution in [2.24, 2.45) is 9.98 Å². The normalized spacial score (nSPS) is 12.5.